The van der Waals surface area contributed by atoms with Crippen molar-refractivity contribution in [1.29, 1.82) is 0 Å². The number of hydrogen-bond acceptors (Lipinski definition) is 4. The van der Waals surface area contributed by atoms with Gasteiger partial charge in [0, 0.05) is 13.6 Å². The van der Waals surface area contributed by atoms with Gasteiger partial charge in [0.2, 0.25) is 0 Å². The molecule has 6 heteroatoms. The molecule has 0 aliphatic carbocycles. The molecule has 140 valence electrons. The Bertz CT molecular complexity index is 938. The first kappa shape index (κ1) is 19.0. The molecule has 2 aromatic carbocycles. The minimum absolute atomic E-state index is 0.129. The number of halogens is 1. The van der Waals surface area contributed by atoms with Crippen LogP contribution in [0, 0.1) is 19.7 Å². The monoisotopic (exact) mass is 384 g/mol. The van der Waals surface area contributed by atoms with Gasteiger partial charge in [0.05, 0.1) is 5.69 Å². The van der Waals surface area contributed by atoms with Crippen LogP contribution in [0.4, 0.5) is 4.39 Å². The fraction of sp³-hybridized carbons (Fsp3) is 0.238. The maximum atomic E-state index is 13.3. The molecule has 27 heavy (non-hydrogen) atoms. The van der Waals surface area contributed by atoms with E-state index in [2.05, 4.69) is 4.98 Å². The summed E-state index contributed by atoms with van der Waals surface area (Å²) in [4.78, 5) is 19.3. The molecule has 0 unspecified atom stereocenters. The third-order valence-corrected chi connectivity index (χ3v) is 5.19. The van der Waals surface area contributed by atoms with Gasteiger partial charge in [0.25, 0.3) is 5.91 Å². The number of rotatable bonds is 6. The van der Waals surface area contributed by atoms with Crippen molar-refractivity contribution in [3.05, 3.63) is 81.1 Å². The van der Waals surface area contributed by atoms with Crippen LogP contribution >= 0.6 is 11.3 Å². The minimum atomic E-state index is -0.308. The van der Waals surface area contributed by atoms with Crippen molar-refractivity contribution in [3.8, 4) is 5.75 Å². The molecular formula is C21H21FN2O2S. The van der Waals surface area contributed by atoms with E-state index in [4.69, 9.17) is 4.74 Å². The van der Waals surface area contributed by atoms with Gasteiger partial charge < -0.3 is 9.64 Å². The summed E-state index contributed by atoms with van der Waals surface area (Å²) in [5.41, 5.74) is 2.59. The van der Waals surface area contributed by atoms with Gasteiger partial charge in [0.1, 0.15) is 28.1 Å². The van der Waals surface area contributed by atoms with Crippen molar-refractivity contribution in [2.45, 2.75) is 27.0 Å². The highest BCUT2D eigenvalue weighted by molar-refractivity contribution is 7.13. The highest BCUT2D eigenvalue weighted by Gasteiger charge is 2.19. The van der Waals surface area contributed by atoms with Crippen LogP contribution in [0.1, 0.15) is 31.5 Å². The second kappa shape index (κ2) is 8.31. The number of aromatic nitrogens is 1. The van der Waals surface area contributed by atoms with E-state index in [1.54, 1.807) is 24.1 Å². The molecule has 0 saturated heterocycles. The van der Waals surface area contributed by atoms with Crippen LogP contribution in [0.3, 0.4) is 0 Å². The molecular weight excluding hydrogens is 363 g/mol. The van der Waals surface area contributed by atoms with E-state index in [0.717, 1.165) is 16.3 Å². The molecule has 0 radical (unpaired) electrons. The molecule has 0 N–H and O–H groups in total. The molecule has 0 saturated carbocycles. The van der Waals surface area contributed by atoms with Crippen LogP contribution in [0.15, 0.2) is 48.5 Å². The predicted molar refractivity (Wildman–Crippen MR) is 105 cm³/mol. The number of nitrogens with zero attached hydrogens (tertiary/aromatic N) is 2. The van der Waals surface area contributed by atoms with E-state index < -0.39 is 0 Å². The lowest BCUT2D eigenvalue weighted by Crippen LogP contribution is -2.26. The summed E-state index contributed by atoms with van der Waals surface area (Å²) in [6, 6.07) is 14.1. The van der Waals surface area contributed by atoms with Crippen LogP contribution < -0.4 is 4.74 Å². The molecule has 1 amide bonds. The first-order chi connectivity index (χ1) is 12.9. The standard InChI is InChI=1S/C21H21FN2O2S/c1-14-7-9-18(10-8-14)26-13-19-23-15(2)20(27-19)21(25)24(3)12-16-5-4-6-17(22)11-16/h4-11H,12-13H2,1-3H3. The Morgan fingerprint density at radius 2 is 1.93 bits per heavy atom. The fourth-order valence-corrected chi connectivity index (χ4v) is 3.62. The van der Waals surface area contributed by atoms with E-state index in [1.165, 1.54) is 29.0 Å². The van der Waals surface area contributed by atoms with Crippen LogP contribution in [0.5, 0.6) is 5.75 Å². The number of thiazole rings is 1. The lowest BCUT2D eigenvalue weighted by Gasteiger charge is -2.16. The fourth-order valence-electron chi connectivity index (χ4n) is 2.65. The Balaban J connectivity index is 1.65. The van der Waals surface area contributed by atoms with Gasteiger partial charge in [-0.15, -0.1) is 11.3 Å². The first-order valence-corrected chi connectivity index (χ1v) is 9.39. The van der Waals surface area contributed by atoms with Crippen molar-refractivity contribution in [3.63, 3.8) is 0 Å². The summed E-state index contributed by atoms with van der Waals surface area (Å²) < 4.78 is 19.1. The summed E-state index contributed by atoms with van der Waals surface area (Å²) >= 11 is 1.33. The topological polar surface area (TPSA) is 42.4 Å². The van der Waals surface area contributed by atoms with Gasteiger partial charge in [0.15, 0.2) is 0 Å². The SMILES string of the molecule is Cc1ccc(OCc2nc(C)c(C(=O)N(C)Cc3cccc(F)c3)s2)cc1. The molecule has 4 nitrogen and oxygen atoms in total. The zero-order chi connectivity index (χ0) is 19.4. The van der Waals surface area contributed by atoms with Gasteiger partial charge in [-0.3, -0.25) is 4.79 Å². The van der Waals surface area contributed by atoms with E-state index in [1.807, 2.05) is 38.1 Å². The number of aryl methyl sites for hydroxylation is 2. The molecule has 0 atom stereocenters. The maximum Gasteiger partial charge on any atom is 0.265 e. The number of carbonyl (C=O) groups excluding carboxylic acids is 1. The summed E-state index contributed by atoms with van der Waals surface area (Å²) in [5.74, 6) is 0.332. The van der Waals surface area contributed by atoms with Gasteiger partial charge >= 0.3 is 0 Å². The van der Waals surface area contributed by atoms with E-state index in [9.17, 15) is 9.18 Å². The maximum absolute atomic E-state index is 13.3. The lowest BCUT2D eigenvalue weighted by atomic mass is 10.2. The van der Waals surface area contributed by atoms with Crippen molar-refractivity contribution in [2.75, 3.05) is 7.05 Å². The molecule has 0 fully saturated rings. The number of benzene rings is 2. The molecule has 1 aromatic heterocycles. The summed E-state index contributed by atoms with van der Waals surface area (Å²) in [5, 5.41) is 0.746. The van der Waals surface area contributed by atoms with Gasteiger partial charge in [-0.05, 0) is 43.7 Å². The van der Waals surface area contributed by atoms with E-state index >= 15 is 0 Å². The number of carbonyl (C=O) groups is 1. The predicted octanol–water partition coefficient (Wildman–Crippen LogP) is 4.75. The van der Waals surface area contributed by atoms with Crippen LogP contribution in [0.25, 0.3) is 0 Å². The molecule has 3 rings (SSSR count). The average Bonchev–Trinajstić information content (AvgIpc) is 3.01. The molecule has 0 aliphatic heterocycles. The lowest BCUT2D eigenvalue weighted by molar-refractivity contribution is 0.0789. The molecule has 0 bridgehead atoms. The summed E-state index contributed by atoms with van der Waals surface area (Å²) in [6.07, 6.45) is 0. The smallest absolute Gasteiger partial charge is 0.265 e. The van der Waals surface area contributed by atoms with Gasteiger partial charge in [-0.2, -0.15) is 0 Å². The van der Waals surface area contributed by atoms with Crippen LogP contribution in [-0.4, -0.2) is 22.8 Å². The summed E-state index contributed by atoms with van der Waals surface area (Å²) in [7, 11) is 1.70. The van der Waals surface area contributed by atoms with Crippen LogP contribution in [-0.2, 0) is 13.2 Å². The number of ether oxygens (including phenoxy) is 1. The Morgan fingerprint density at radius 3 is 2.63 bits per heavy atom. The second-order valence-electron chi connectivity index (χ2n) is 6.42. The largest absolute Gasteiger partial charge is 0.486 e. The molecule has 3 aromatic rings. The number of amides is 1. The summed E-state index contributed by atoms with van der Waals surface area (Å²) in [6.45, 7) is 4.49. The van der Waals surface area contributed by atoms with Crippen molar-refractivity contribution < 1.29 is 13.9 Å². The Morgan fingerprint density at radius 1 is 1.19 bits per heavy atom. The van der Waals surface area contributed by atoms with Gasteiger partial charge in [-0.25, -0.2) is 9.37 Å². The molecule has 1 heterocycles. The highest BCUT2D eigenvalue weighted by Crippen LogP contribution is 2.22. The third kappa shape index (κ3) is 4.92. The number of hydrogen-bond donors (Lipinski definition) is 0. The Hall–Kier alpha value is -2.73. The third-order valence-electron chi connectivity index (χ3n) is 4.07. The van der Waals surface area contributed by atoms with Crippen molar-refractivity contribution in [2.24, 2.45) is 0 Å². The highest BCUT2D eigenvalue weighted by atomic mass is 32.1. The zero-order valence-electron chi connectivity index (χ0n) is 15.5. The Kier molecular flexibility index (Phi) is 5.86. The van der Waals surface area contributed by atoms with E-state index in [-0.39, 0.29) is 11.7 Å². The van der Waals surface area contributed by atoms with Crippen LogP contribution in [0.2, 0.25) is 0 Å². The quantitative estimate of drug-likeness (QED) is 0.616. The Labute approximate surface area is 162 Å². The zero-order valence-corrected chi connectivity index (χ0v) is 16.3. The van der Waals surface area contributed by atoms with Crippen molar-refractivity contribution >= 4 is 17.2 Å². The second-order valence-corrected chi connectivity index (χ2v) is 7.50. The van der Waals surface area contributed by atoms with Gasteiger partial charge in [-0.1, -0.05) is 29.8 Å². The first-order valence-electron chi connectivity index (χ1n) is 8.58. The molecule has 0 aliphatic rings. The normalized spacial score (nSPS) is 10.7. The van der Waals surface area contributed by atoms with E-state index in [0.29, 0.717) is 23.7 Å². The molecule has 0 spiro atoms. The van der Waals surface area contributed by atoms with Crippen molar-refractivity contribution in [1.82, 2.24) is 9.88 Å². The minimum Gasteiger partial charge on any atom is -0.486 e. The average molecular weight is 384 g/mol.